The molecule has 0 aliphatic heterocycles. The van der Waals surface area contributed by atoms with Crippen LogP contribution in [0, 0.1) is 12.8 Å². The largest absolute Gasteiger partial charge is 0.377 e. The predicted molar refractivity (Wildman–Crippen MR) is 87.7 cm³/mol. The number of nitrogens with one attached hydrogen (secondary N) is 1. The molecule has 0 aliphatic rings. The van der Waals surface area contributed by atoms with Crippen molar-refractivity contribution in [3.63, 3.8) is 0 Å². The van der Waals surface area contributed by atoms with Crippen LogP contribution in [-0.2, 0) is 11.3 Å². The van der Waals surface area contributed by atoms with Crippen LogP contribution in [-0.4, -0.2) is 42.8 Å². The van der Waals surface area contributed by atoms with E-state index in [1.807, 2.05) is 38.9 Å². The molecule has 1 aromatic heterocycles. The van der Waals surface area contributed by atoms with Gasteiger partial charge in [0, 0.05) is 37.6 Å². The van der Waals surface area contributed by atoms with E-state index in [-0.39, 0.29) is 6.10 Å². The topological polar surface area (TPSA) is 50.3 Å². The molecule has 1 heterocycles. The smallest absolute Gasteiger partial charge is 0.225 e. The standard InChI is InChI=1S/C16H30N4O/c1-12(2)9-17-10-15-11-18-16(19-14(15)5)20(6)7-8-21-13(3)4/h11-13,17H,7-10H2,1-6H3. The van der Waals surface area contributed by atoms with Crippen LogP contribution in [0.3, 0.4) is 0 Å². The van der Waals surface area contributed by atoms with Gasteiger partial charge in [0.15, 0.2) is 0 Å². The summed E-state index contributed by atoms with van der Waals surface area (Å²) in [6, 6.07) is 0. The van der Waals surface area contributed by atoms with Crippen LogP contribution in [0.1, 0.15) is 39.0 Å². The molecular weight excluding hydrogens is 264 g/mol. The quantitative estimate of drug-likeness (QED) is 0.758. The van der Waals surface area contributed by atoms with Crippen LogP contribution in [0.2, 0.25) is 0 Å². The molecule has 0 amide bonds. The van der Waals surface area contributed by atoms with Crippen LogP contribution in [0.4, 0.5) is 5.95 Å². The molecule has 0 atom stereocenters. The van der Waals surface area contributed by atoms with Crippen molar-refractivity contribution < 1.29 is 4.74 Å². The summed E-state index contributed by atoms with van der Waals surface area (Å²) in [6.07, 6.45) is 2.18. The Morgan fingerprint density at radius 2 is 2.00 bits per heavy atom. The first-order chi connectivity index (χ1) is 9.90. The molecule has 0 bridgehead atoms. The van der Waals surface area contributed by atoms with Gasteiger partial charge in [0.2, 0.25) is 5.95 Å². The van der Waals surface area contributed by atoms with E-state index in [0.717, 1.165) is 36.8 Å². The zero-order valence-corrected chi connectivity index (χ0v) is 14.3. The van der Waals surface area contributed by atoms with Crippen molar-refractivity contribution in [3.8, 4) is 0 Å². The Morgan fingerprint density at radius 3 is 2.57 bits per heavy atom. The number of aromatic nitrogens is 2. The second-order valence-electron chi connectivity index (χ2n) is 6.15. The number of anilines is 1. The lowest BCUT2D eigenvalue weighted by Crippen LogP contribution is -2.26. The van der Waals surface area contributed by atoms with E-state index in [0.29, 0.717) is 12.5 Å². The van der Waals surface area contributed by atoms with E-state index in [4.69, 9.17) is 4.74 Å². The first-order valence-corrected chi connectivity index (χ1v) is 7.76. The van der Waals surface area contributed by atoms with E-state index >= 15 is 0 Å². The Labute approximate surface area is 129 Å². The number of likely N-dealkylation sites (N-methyl/N-ethyl adjacent to an activating group) is 1. The van der Waals surface area contributed by atoms with Crippen LogP contribution in [0.15, 0.2) is 6.20 Å². The minimum Gasteiger partial charge on any atom is -0.377 e. The van der Waals surface area contributed by atoms with Gasteiger partial charge in [-0.1, -0.05) is 13.8 Å². The van der Waals surface area contributed by atoms with Gasteiger partial charge in [-0.25, -0.2) is 9.97 Å². The average Bonchev–Trinajstić information content (AvgIpc) is 2.39. The number of rotatable bonds is 9. The van der Waals surface area contributed by atoms with E-state index in [9.17, 15) is 0 Å². The zero-order chi connectivity index (χ0) is 15.8. The summed E-state index contributed by atoms with van der Waals surface area (Å²) in [7, 11) is 2.00. The summed E-state index contributed by atoms with van der Waals surface area (Å²) in [5.74, 6) is 1.41. The molecule has 0 saturated carbocycles. The molecule has 0 aliphatic carbocycles. The number of hydrogen-bond donors (Lipinski definition) is 1. The monoisotopic (exact) mass is 294 g/mol. The van der Waals surface area contributed by atoms with Crippen LogP contribution in [0.5, 0.6) is 0 Å². The van der Waals surface area contributed by atoms with Crippen molar-refractivity contribution in [2.24, 2.45) is 5.92 Å². The molecule has 0 radical (unpaired) electrons. The zero-order valence-electron chi connectivity index (χ0n) is 14.3. The number of hydrogen-bond acceptors (Lipinski definition) is 5. The molecule has 1 N–H and O–H groups in total. The van der Waals surface area contributed by atoms with Gasteiger partial charge >= 0.3 is 0 Å². The second kappa shape index (κ2) is 8.95. The predicted octanol–water partition coefficient (Wildman–Crippen LogP) is 2.39. The summed E-state index contributed by atoms with van der Waals surface area (Å²) in [4.78, 5) is 11.1. The lowest BCUT2D eigenvalue weighted by Gasteiger charge is -2.19. The maximum absolute atomic E-state index is 5.56. The van der Waals surface area contributed by atoms with Crippen molar-refractivity contribution in [2.45, 2.75) is 47.3 Å². The molecule has 1 aromatic rings. The lowest BCUT2D eigenvalue weighted by molar-refractivity contribution is 0.0844. The Balaban J connectivity index is 2.52. The number of aryl methyl sites for hydroxylation is 1. The SMILES string of the molecule is Cc1nc(N(C)CCOC(C)C)ncc1CNCC(C)C. The van der Waals surface area contributed by atoms with Crippen LogP contribution in [0.25, 0.3) is 0 Å². The van der Waals surface area contributed by atoms with Crippen molar-refractivity contribution in [1.29, 1.82) is 0 Å². The molecule has 1 rings (SSSR count). The Bertz CT molecular complexity index is 421. The Hall–Kier alpha value is -1.20. The molecule has 0 spiro atoms. The van der Waals surface area contributed by atoms with Gasteiger partial charge in [-0.2, -0.15) is 0 Å². The summed E-state index contributed by atoms with van der Waals surface area (Å²) in [5.41, 5.74) is 2.19. The van der Waals surface area contributed by atoms with Crippen molar-refractivity contribution >= 4 is 5.95 Å². The second-order valence-corrected chi connectivity index (χ2v) is 6.15. The fourth-order valence-corrected chi connectivity index (χ4v) is 1.86. The number of ether oxygens (including phenoxy) is 1. The van der Waals surface area contributed by atoms with Crippen molar-refractivity contribution in [3.05, 3.63) is 17.5 Å². The summed E-state index contributed by atoms with van der Waals surface area (Å²) in [6.45, 7) is 13.8. The molecule has 0 saturated heterocycles. The third-order valence-electron chi connectivity index (χ3n) is 3.16. The van der Waals surface area contributed by atoms with Crippen LogP contribution >= 0.6 is 0 Å². The summed E-state index contributed by atoms with van der Waals surface area (Å²) < 4.78 is 5.56. The highest BCUT2D eigenvalue weighted by Crippen LogP contribution is 2.10. The minimum absolute atomic E-state index is 0.260. The van der Waals surface area contributed by atoms with Gasteiger partial charge < -0.3 is 15.0 Å². The average molecular weight is 294 g/mol. The first kappa shape index (κ1) is 17.9. The Morgan fingerprint density at radius 1 is 1.29 bits per heavy atom. The molecule has 5 nitrogen and oxygen atoms in total. The third-order valence-corrected chi connectivity index (χ3v) is 3.16. The van der Waals surface area contributed by atoms with Gasteiger partial charge in [-0.3, -0.25) is 0 Å². The van der Waals surface area contributed by atoms with E-state index < -0.39 is 0 Å². The van der Waals surface area contributed by atoms with Gasteiger partial charge in [-0.15, -0.1) is 0 Å². The Kier molecular flexibility index (Phi) is 7.61. The number of nitrogens with zero attached hydrogens (tertiary/aromatic N) is 3. The van der Waals surface area contributed by atoms with Crippen LogP contribution < -0.4 is 10.2 Å². The fraction of sp³-hybridized carbons (Fsp3) is 0.750. The third kappa shape index (κ3) is 6.87. The first-order valence-electron chi connectivity index (χ1n) is 7.76. The normalized spacial score (nSPS) is 11.4. The van der Waals surface area contributed by atoms with E-state index in [2.05, 4.69) is 29.1 Å². The highest BCUT2D eigenvalue weighted by Gasteiger charge is 2.08. The van der Waals surface area contributed by atoms with E-state index in [1.54, 1.807) is 0 Å². The molecule has 0 fully saturated rings. The van der Waals surface area contributed by atoms with Crippen molar-refractivity contribution in [2.75, 3.05) is 31.6 Å². The van der Waals surface area contributed by atoms with E-state index in [1.165, 1.54) is 0 Å². The maximum Gasteiger partial charge on any atom is 0.225 e. The molecule has 120 valence electrons. The van der Waals surface area contributed by atoms with Gasteiger partial charge in [0.1, 0.15) is 0 Å². The molecule has 0 unspecified atom stereocenters. The minimum atomic E-state index is 0.260. The molecule has 5 heteroatoms. The van der Waals surface area contributed by atoms with Gasteiger partial charge in [0.25, 0.3) is 0 Å². The van der Waals surface area contributed by atoms with Crippen molar-refractivity contribution in [1.82, 2.24) is 15.3 Å². The maximum atomic E-state index is 5.56. The highest BCUT2D eigenvalue weighted by atomic mass is 16.5. The van der Waals surface area contributed by atoms with Gasteiger partial charge in [0.05, 0.1) is 12.7 Å². The summed E-state index contributed by atoms with van der Waals surface area (Å²) >= 11 is 0. The molecule has 0 aromatic carbocycles. The summed E-state index contributed by atoms with van der Waals surface area (Å²) in [5, 5.41) is 3.42. The highest BCUT2D eigenvalue weighted by molar-refractivity contribution is 5.31. The molecule has 21 heavy (non-hydrogen) atoms. The fourth-order valence-electron chi connectivity index (χ4n) is 1.86. The lowest BCUT2D eigenvalue weighted by atomic mass is 10.2. The molecular formula is C16H30N4O. The van der Waals surface area contributed by atoms with Gasteiger partial charge in [-0.05, 0) is 33.2 Å².